The predicted molar refractivity (Wildman–Crippen MR) is 86.0 cm³/mol. The number of nitrogens with one attached hydrogen (secondary N) is 1. The molecule has 5 heteroatoms. The maximum atomic E-state index is 5.47. The highest BCUT2D eigenvalue weighted by atomic mass is 16.5. The molecule has 5 nitrogen and oxygen atoms in total. The Morgan fingerprint density at radius 3 is 2.82 bits per heavy atom. The fourth-order valence-corrected chi connectivity index (χ4v) is 2.77. The van der Waals surface area contributed by atoms with Gasteiger partial charge in [0.25, 0.3) is 0 Å². The van der Waals surface area contributed by atoms with E-state index >= 15 is 0 Å². The Balaban J connectivity index is 1.69. The summed E-state index contributed by atoms with van der Waals surface area (Å²) in [6.45, 7) is 4.95. The van der Waals surface area contributed by atoms with Crippen molar-refractivity contribution in [1.82, 2.24) is 20.1 Å². The number of methoxy groups -OCH3 is 1. The van der Waals surface area contributed by atoms with Gasteiger partial charge >= 0.3 is 0 Å². The number of aryl methyl sites for hydroxylation is 1. The van der Waals surface area contributed by atoms with Gasteiger partial charge in [-0.05, 0) is 32.8 Å². The Kier molecular flexibility index (Phi) is 4.16. The van der Waals surface area contributed by atoms with Crippen molar-refractivity contribution < 1.29 is 4.74 Å². The van der Waals surface area contributed by atoms with Gasteiger partial charge in [0.15, 0.2) is 0 Å². The van der Waals surface area contributed by atoms with Crippen LogP contribution in [-0.4, -0.2) is 21.9 Å². The summed E-state index contributed by atoms with van der Waals surface area (Å²) in [5, 5.41) is 12.2. The summed E-state index contributed by atoms with van der Waals surface area (Å²) in [6.07, 6.45) is 2.49. The topological polar surface area (TPSA) is 52.0 Å². The summed E-state index contributed by atoms with van der Waals surface area (Å²) in [7, 11) is 3.77. The van der Waals surface area contributed by atoms with E-state index in [2.05, 4.69) is 53.1 Å². The van der Waals surface area contributed by atoms with Crippen LogP contribution in [0.25, 0.3) is 0 Å². The highest BCUT2D eigenvalue weighted by molar-refractivity contribution is 5.38. The van der Waals surface area contributed by atoms with Crippen LogP contribution in [0.4, 0.5) is 0 Å². The number of aromatic nitrogens is 3. The molecule has 0 aliphatic heterocycles. The number of nitrogens with zero attached hydrogens (tertiary/aromatic N) is 3. The van der Waals surface area contributed by atoms with E-state index in [9.17, 15) is 0 Å². The fourth-order valence-electron chi connectivity index (χ4n) is 2.77. The molecule has 118 valence electrons. The number of rotatable bonds is 6. The van der Waals surface area contributed by atoms with Gasteiger partial charge in [0, 0.05) is 24.6 Å². The molecule has 22 heavy (non-hydrogen) atoms. The van der Waals surface area contributed by atoms with Crippen LogP contribution in [0, 0.1) is 6.92 Å². The highest BCUT2D eigenvalue weighted by Gasteiger charge is 2.29. The summed E-state index contributed by atoms with van der Waals surface area (Å²) in [5.41, 5.74) is 2.41. The van der Waals surface area contributed by atoms with E-state index in [-0.39, 0.29) is 6.04 Å². The lowest BCUT2D eigenvalue weighted by Crippen LogP contribution is -2.21. The molecule has 1 saturated carbocycles. The van der Waals surface area contributed by atoms with Gasteiger partial charge < -0.3 is 14.6 Å². The number of hydrogen-bond acceptors (Lipinski definition) is 4. The van der Waals surface area contributed by atoms with Gasteiger partial charge in [0.1, 0.15) is 17.4 Å². The van der Waals surface area contributed by atoms with Crippen molar-refractivity contribution in [1.29, 1.82) is 0 Å². The van der Waals surface area contributed by atoms with Crippen LogP contribution in [0.3, 0.4) is 0 Å². The van der Waals surface area contributed by atoms with Gasteiger partial charge in [-0.15, -0.1) is 10.2 Å². The first-order valence-electron chi connectivity index (χ1n) is 7.86. The second-order valence-electron chi connectivity index (χ2n) is 6.16. The third-order valence-electron chi connectivity index (χ3n) is 4.36. The molecule has 1 aromatic heterocycles. The lowest BCUT2D eigenvalue weighted by atomic mass is 10.0. The third-order valence-corrected chi connectivity index (χ3v) is 4.36. The molecule has 0 bridgehead atoms. The van der Waals surface area contributed by atoms with E-state index in [1.165, 1.54) is 24.0 Å². The molecule has 1 aliphatic rings. The van der Waals surface area contributed by atoms with E-state index in [1.54, 1.807) is 7.11 Å². The van der Waals surface area contributed by atoms with Gasteiger partial charge in [-0.2, -0.15) is 0 Å². The molecule has 1 aromatic carbocycles. The highest BCUT2D eigenvalue weighted by Crippen LogP contribution is 2.38. The van der Waals surface area contributed by atoms with Crippen molar-refractivity contribution in [3.05, 3.63) is 41.0 Å². The van der Waals surface area contributed by atoms with E-state index in [0.717, 1.165) is 17.4 Å². The average molecular weight is 300 g/mol. The third kappa shape index (κ3) is 2.99. The second kappa shape index (κ2) is 6.08. The molecule has 3 rings (SSSR count). The Bertz CT molecular complexity index is 661. The van der Waals surface area contributed by atoms with Gasteiger partial charge in [0.2, 0.25) is 0 Å². The molecule has 0 saturated heterocycles. The van der Waals surface area contributed by atoms with Crippen molar-refractivity contribution in [3.63, 3.8) is 0 Å². The monoisotopic (exact) mass is 300 g/mol. The average Bonchev–Trinajstić information content (AvgIpc) is 3.29. The number of ether oxygens (including phenoxy) is 1. The zero-order chi connectivity index (χ0) is 15.7. The van der Waals surface area contributed by atoms with Crippen LogP contribution in [0.1, 0.15) is 54.5 Å². The summed E-state index contributed by atoms with van der Waals surface area (Å²) in [5.74, 6) is 3.65. The Hall–Kier alpha value is -1.88. The van der Waals surface area contributed by atoms with Crippen LogP contribution in [0.5, 0.6) is 5.75 Å². The molecular formula is C17H24N4O. The summed E-state index contributed by atoms with van der Waals surface area (Å²) in [4.78, 5) is 0. The molecule has 1 N–H and O–H groups in total. The van der Waals surface area contributed by atoms with E-state index < -0.39 is 0 Å². The minimum atomic E-state index is 0.191. The minimum absolute atomic E-state index is 0.191. The number of hydrogen-bond donors (Lipinski definition) is 1. The quantitative estimate of drug-likeness (QED) is 0.891. The molecule has 0 unspecified atom stereocenters. The summed E-state index contributed by atoms with van der Waals surface area (Å²) < 4.78 is 7.60. The lowest BCUT2D eigenvalue weighted by Gasteiger charge is -2.18. The Morgan fingerprint density at radius 1 is 1.36 bits per heavy atom. The first-order valence-corrected chi connectivity index (χ1v) is 7.86. The van der Waals surface area contributed by atoms with Crippen LogP contribution in [0.2, 0.25) is 0 Å². The van der Waals surface area contributed by atoms with E-state index in [1.807, 2.05) is 6.07 Å². The molecule has 1 aliphatic carbocycles. The van der Waals surface area contributed by atoms with Gasteiger partial charge in [-0.1, -0.05) is 17.7 Å². The van der Waals surface area contributed by atoms with Crippen molar-refractivity contribution in [2.45, 2.75) is 45.2 Å². The summed E-state index contributed by atoms with van der Waals surface area (Å²) >= 11 is 0. The van der Waals surface area contributed by atoms with Gasteiger partial charge in [0.05, 0.1) is 13.7 Å². The molecule has 0 amide bonds. The van der Waals surface area contributed by atoms with Crippen molar-refractivity contribution in [2.24, 2.45) is 7.05 Å². The van der Waals surface area contributed by atoms with Crippen LogP contribution >= 0.6 is 0 Å². The molecular weight excluding hydrogens is 276 g/mol. The van der Waals surface area contributed by atoms with Crippen molar-refractivity contribution >= 4 is 0 Å². The lowest BCUT2D eigenvalue weighted by molar-refractivity contribution is 0.400. The Labute approximate surface area is 131 Å². The maximum absolute atomic E-state index is 5.47. The first-order chi connectivity index (χ1) is 10.6. The molecule has 0 spiro atoms. The number of benzene rings is 1. The van der Waals surface area contributed by atoms with Crippen LogP contribution in [-0.2, 0) is 13.6 Å². The largest absolute Gasteiger partial charge is 0.496 e. The normalized spacial score (nSPS) is 15.8. The van der Waals surface area contributed by atoms with Gasteiger partial charge in [-0.25, -0.2) is 0 Å². The zero-order valence-corrected chi connectivity index (χ0v) is 13.8. The molecule has 1 heterocycles. The zero-order valence-electron chi connectivity index (χ0n) is 13.8. The maximum Gasteiger partial charge on any atom is 0.146 e. The molecule has 1 atom stereocenters. The smallest absolute Gasteiger partial charge is 0.146 e. The Morgan fingerprint density at radius 2 is 2.14 bits per heavy atom. The molecule has 0 radical (unpaired) electrons. The van der Waals surface area contributed by atoms with Crippen molar-refractivity contribution in [3.8, 4) is 5.75 Å². The SMILES string of the molecule is COc1ccc(C)cc1[C@@H](C)NCc1nnc(C2CC2)n1C. The molecule has 1 fully saturated rings. The first kappa shape index (κ1) is 15.0. The standard InChI is InChI=1S/C17H24N4O/c1-11-5-8-15(22-4)14(9-11)12(2)18-10-16-19-20-17(21(16)3)13-6-7-13/h5,8-9,12-13,18H,6-7,10H2,1-4H3/t12-/m1/s1. The summed E-state index contributed by atoms with van der Waals surface area (Å²) in [6, 6.07) is 6.45. The molecule has 2 aromatic rings. The van der Waals surface area contributed by atoms with E-state index in [4.69, 9.17) is 4.74 Å². The minimum Gasteiger partial charge on any atom is -0.496 e. The predicted octanol–water partition coefficient (Wildman–Crippen LogP) is 2.86. The fraction of sp³-hybridized carbons (Fsp3) is 0.529. The van der Waals surface area contributed by atoms with Gasteiger partial charge in [-0.3, -0.25) is 0 Å². The van der Waals surface area contributed by atoms with E-state index in [0.29, 0.717) is 12.5 Å². The van der Waals surface area contributed by atoms with Crippen LogP contribution in [0.15, 0.2) is 18.2 Å². The van der Waals surface area contributed by atoms with Crippen LogP contribution < -0.4 is 10.1 Å². The second-order valence-corrected chi connectivity index (χ2v) is 6.16. The van der Waals surface area contributed by atoms with Crippen molar-refractivity contribution in [2.75, 3.05) is 7.11 Å².